The smallest absolute Gasteiger partial charge is 0.445 e. The maximum atomic E-state index is 14.0. The first-order valence-corrected chi connectivity index (χ1v) is 13.9. The molecule has 14 heteroatoms. The van der Waals surface area contributed by atoms with Crippen LogP contribution in [0.3, 0.4) is 0 Å². The normalized spacial score (nSPS) is 12.1. The first-order chi connectivity index (χ1) is 18.6. The summed E-state index contributed by atoms with van der Waals surface area (Å²) in [4.78, 5) is 1.62. The molecule has 4 rings (SSSR count). The van der Waals surface area contributed by atoms with E-state index >= 15 is 0 Å². The highest BCUT2D eigenvalue weighted by atomic mass is 35.6. The molecule has 0 aliphatic heterocycles. The van der Waals surface area contributed by atoms with Gasteiger partial charge in [-0.15, -0.1) is 0 Å². The van der Waals surface area contributed by atoms with Crippen LogP contribution in [0.4, 0.5) is 34.9 Å². The quantitative estimate of drug-likeness (QED) is 0.0529. The highest BCUT2D eigenvalue weighted by molar-refractivity contribution is 8.02. The second kappa shape index (κ2) is 12.5. The number of halogens is 11. The fourth-order valence-electron chi connectivity index (χ4n) is 3.52. The molecule has 0 aliphatic carbocycles. The average molecular weight is 646 g/mol. The fourth-order valence-corrected chi connectivity index (χ4v) is 6.36. The van der Waals surface area contributed by atoms with Crippen LogP contribution in [0.5, 0.6) is 0 Å². The van der Waals surface area contributed by atoms with Crippen LogP contribution in [0.1, 0.15) is 11.1 Å². The van der Waals surface area contributed by atoms with Gasteiger partial charge in [-0.1, -0.05) is 99.7 Å². The second-order valence-electron chi connectivity index (χ2n) is 8.20. The van der Waals surface area contributed by atoms with E-state index in [9.17, 15) is 39.1 Å². The van der Waals surface area contributed by atoms with Gasteiger partial charge in [0.2, 0.25) is 3.79 Å². The first-order valence-electron chi connectivity index (χ1n) is 11.1. The van der Waals surface area contributed by atoms with E-state index in [-0.39, 0.29) is 0 Å². The number of alkyl halides is 3. The van der Waals surface area contributed by atoms with E-state index in [2.05, 4.69) is 0 Å². The number of benzene rings is 4. The zero-order valence-electron chi connectivity index (χ0n) is 19.8. The monoisotopic (exact) mass is 644 g/mol. The molecule has 0 saturated heterocycles. The summed E-state index contributed by atoms with van der Waals surface area (Å²) in [5.74, 6) is -13.2. The van der Waals surface area contributed by atoms with Crippen molar-refractivity contribution < 1.29 is 39.1 Å². The molecule has 0 amide bonds. The van der Waals surface area contributed by atoms with Gasteiger partial charge in [0.15, 0.2) is 37.2 Å². The summed E-state index contributed by atoms with van der Waals surface area (Å²) in [6, 6.07) is 26.4. The Balaban J connectivity index is 0.000000252. The zero-order valence-corrected chi connectivity index (χ0v) is 22.9. The Morgan fingerprint density at radius 1 is 0.600 bits per heavy atom. The third kappa shape index (κ3) is 7.18. The molecule has 1 nitrogen and oxygen atoms in total. The number of rotatable bonds is 5. The van der Waals surface area contributed by atoms with E-state index in [1.54, 1.807) is 12.1 Å². The minimum Gasteiger partial charge on any atom is -0.445 e. The third-order valence-corrected chi connectivity index (χ3v) is 8.93. The Morgan fingerprint density at radius 3 is 1.32 bits per heavy atom. The molecule has 0 aromatic heterocycles. The lowest BCUT2D eigenvalue weighted by molar-refractivity contribution is 0.377. The van der Waals surface area contributed by atoms with E-state index < -0.39 is 55.3 Å². The fraction of sp³-hybridized carbons (Fsp3) is 0.0769. The Kier molecular flexibility index (Phi) is 9.98. The Morgan fingerprint density at radius 2 is 0.975 bits per heavy atom. The van der Waals surface area contributed by atoms with E-state index in [0.717, 1.165) is 15.4 Å². The molecular formula is C26H16BCl3F8OS. The van der Waals surface area contributed by atoms with Crippen molar-refractivity contribution in [3.8, 4) is 0 Å². The molecule has 0 heterocycles. The Hall–Kier alpha value is -2.60. The van der Waals surface area contributed by atoms with Gasteiger partial charge < -0.3 is 12.9 Å². The summed E-state index contributed by atoms with van der Waals surface area (Å²) >= 11 is 17.7. The molecule has 0 atom stereocenters. The predicted molar refractivity (Wildman–Crippen MR) is 142 cm³/mol. The van der Waals surface area contributed by atoms with Gasteiger partial charge in [-0.25, -0.2) is 22.0 Å². The summed E-state index contributed by atoms with van der Waals surface area (Å²) in [5, 5.41) is 0. The number of hydrogen-bond acceptors (Lipinski definition) is 1. The number of hydrogen-bond donors (Lipinski definition) is 0. The van der Waals surface area contributed by atoms with Gasteiger partial charge in [0.1, 0.15) is 17.4 Å². The van der Waals surface area contributed by atoms with Crippen molar-refractivity contribution in [3.05, 3.63) is 125 Å². The molecule has 0 bridgehead atoms. The molecule has 40 heavy (non-hydrogen) atoms. The van der Waals surface area contributed by atoms with Crippen molar-refractivity contribution in [1.29, 1.82) is 0 Å². The molecule has 0 fully saturated rings. The van der Waals surface area contributed by atoms with Crippen LogP contribution in [0, 0.1) is 29.1 Å². The summed E-state index contributed by atoms with van der Waals surface area (Å²) < 4.78 is 110. The van der Waals surface area contributed by atoms with Crippen LogP contribution >= 0.6 is 34.8 Å². The van der Waals surface area contributed by atoms with E-state index in [4.69, 9.17) is 34.8 Å². The molecule has 4 aromatic rings. The molecule has 0 radical (unpaired) electrons. The highest BCUT2D eigenvalue weighted by Gasteiger charge is 2.38. The van der Waals surface area contributed by atoms with E-state index in [1.807, 2.05) is 72.8 Å². The van der Waals surface area contributed by atoms with Crippen molar-refractivity contribution in [3.63, 3.8) is 0 Å². The first kappa shape index (κ1) is 31.9. The Bertz CT molecular complexity index is 1440. The standard InChI is InChI=1S/C20H16Cl3OS.C6BF8/c21-20(22,23)17-13-11-16(12-14-17)15-25(24,18-7-3-1-4-8-18)19-9-5-2-6-10-19;8-2-1(7(13,14)15)3(9)5(11)6(12)4(2)10/h1-14H,15H2;/q+1;-1. The lowest BCUT2D eigenvalue weighted by Gasteiger charge is -2.17. The van der Waals surface area contributed by atoms with Crippen LogP contribution in [0.25, 0.3) is 0 Å². The highest BCUT2D eigenvalue weighted by Crippen LogP contribution is 2.39. The average Bonchev–Trinajstić information content (AvgIpc) is 2.91. The van der Waals surface area contributed by atoms with Gasteiger partial charge in [-0.05, 0) is 29.7 Å². The van der Waals surface area contributed by atoms with Crippen LogP contribution in [-0.2, 0) is 23.7 Å². The Labute approximate surface area is 240 Å². The van der Waals surface area contributed by atoms with E-state index in [1.165, 1.54) is 0 Å². The maximum Gasteiger partial charge on any atom is 0.515 e. The van der Waals surface area contributed by atoms with Crippen molar-refractivity contribution in [2.45, 2.75) is 19.3 Å². The molecule has 212 valence electrons. The summed E-state index contributed by atoms with van der Waals surface area (Å²) in [7, 11) is -2.45. The second-order valence-corrected chi connectivity index (χ2v) is 13.1. The molecule has 0 N–H and O–H groups in total. The molecule has 0 spiro atoms. The van der Waals surface area contributed by atoms with Gasteiger partial charge in [0.05, 0.1) is 0 Å². The van der Waals surface area contributed by atoms with Crippen LogP contribution in [-0.4, -0.2) is 6.98 Å². The van der Waals surface area contributed by atoms with Gasteiger partial charge in [0.25, 0.3) is 0 Å². The summed E-state index contributed by atoms with van der Waals surface area (Å²) in [6.45, 7) is -6.30. The molecule has 0 aliphatic rings. The minimum absolute atomic E-state index is 0.390. The molecular weight excluding hydrogens is 630 g/mol. The van der Waals surface area contributed by atoms with Gasteiger partial charge in [0, 0.05) is 11.1 Å². The van der Waals surface area contributed by atoms with Crippen molar-refractivity contribution in [2.75, 3.05) is 0 Å². The van der Waals surface area contributed by atoms with Gasteiger partial charge in [-0.3, -0.25) is 0 Å². The molecule has 0 unspecified atom stereocenters. The third-order valence-electron chi connectivity index (χ3n) is 5.47. The SMILES string of the molecule is Fc1c(F)c(F)c([B-](F)(F)F)c(F)c1F.O=[S+](Cc1ccc(C(Cl)(Cl)Cl)cc1)(c1ccccc1)c1ccccc1. The largest absolute Gasteiger partial charge is 0.515 e. The van der Waals surface area contributed by atoms with Gasteiger partial charge >= 0.3 is 6.98 Å². The molecule has 0 saturated carbocycles. The van der Waals surface area contributed by atoms with Crippen molar-refractivity contribution >= 4 is 57.2 Å². The molecule has 4 aromatic carbocycles. The summed E-state index contributed by atoms with van der Waals surface area (Å²) in [6.07, 6.45) is 0. The summed E-state index contributed by atoms with van der Waals surface area (Å²) in [5.41, 5.74) is -1.21. The van der Waals surface area contributed by atoms with Crippen molar-refractivity contribution in [2.24, 2.45) is 0 Å². The lowest BCUT2D eigenvalue weighted by atomic mass is 9.79. The lowest BCUT2D eigenvalue weighted by Crippen LogP contribution is -2.41. The van der Waals surface area contributed by atoms with Crippen LogP contribution in [0.2, 0.25) is 0 Å². The minimum atomic E-state index is -6.30. The van der Waals surface area contributed by atoms with Gasteiger partial charge in [-0.2, -0.15) is 0 Å². The topological polar surface area (TPSA) is 17.1 Å². The van der Waals surface area contributed by atoms with Crippen molar-refractivity contribution in [1.82, 2.24) is 0 Å². The maximum absolute atomic E-state index is 14.0. The predicted octanol–water partition coefficient (Wildman–Crippen LogP) is 9.07. The van der Waals surface area contributed by atoms with Crippen LogP contribution < -0.4 is 5.46 Å². The van der Waals surface area contributed by atoms with E-state index in [0.29, 0.717) is 11.3 Å². The van der Waals surface area contributed by atoms with Crippen LogP contribution in [0.15, 0.2) is 94.7 Å². The zero-order chi connectivity index (χ0) is 29.9.